The Labute approximate surface area is 111 Å². The van der Waals surface area contributed by atoms with E-state index >= 15 is 0 Å². The highest BCUT2D eigenvalue weighted by Gasteiger charge is 2.11. The van der Waals surface area contributed by atoms with Crippen LogP contribution in [0.25, 0.3) is 0 Å². The van der Waals surface area contributed by atoms with Crippen molar-refractivity contribution >= 4 is 0 Å². The molecule has 0 saturated heterocycles. The van der Waals surface area contributed by atoms with Crippen LogP contribution >= 0.6 is 0 Å². The zero-order valence-electron chi connectivity index (χ0n) is 12.0. The van der Waals surface area contributed by atoms with Gasteiger partial charge in [0.05, 0.1) is 13.7 Å². The van der Waals surface area contributed by atoms with Crippen LogP contribution in [0.3, 0.4) is 0 Å². The SMILES string of the molecule is C=CCc1ccc(OCCC(C)(C)C)c(OC)c1. The lowest BCUT2D eigenvalue weighted by Gasteiger charge is -2.19. The van der Waals surface area contributed by atoms with E-state index in [2.05, 4.69) is 33.4 Å². The summed E-state index contributed by atoms with van der Waals surface area (Å²) >= 11 is 0. The second kappa shape index (κ2) is 6.48. The lowest BCUT2D eigenvalue weighted by Crippen LogP contribution is -2.11. The van der Waals surface area contributed by atoms with E-state index in [4.69, 9.17) is 9.47 Å². The highest BCUT2D eigenvalue weighted by atomic mass is 16.5. The molecule has 0 amide bonds. The molecule has 0 bridgehead atoms. The van der Waals surface area contributed by atoms with Gasteiger partial charge < -0.3 is 9.47 Å². The van der Waals surface area contributed by atoms with Crippen LogP contribution in [0.5, 0.6) is 11.5 Å². The van der Waals surface area contributed by atoms with E-state index in [1.807, 2.05) is 18.2 Å². The fourth-order valence-electron chi connectivity index (χ4n) is 1.59. The van der Waals surface area contributed by atoms with Crippen molar-refractivity contribution in [3.8, 4) is 11.5 Å². The van der Waals surface area contributed by atoms with Crippen molar-refractivity contribution in [3.05, 3.63) is 36.4 Å². The largest absolute Gasteiger partial charge is 0.493 e. The molecule has 1 rings (SSSR count). The highest BCUT2D eigenvalue weighted by molar-refractivity contribution is 5.43. The van der Waals surface area contributed by atoms with E-state index in [1.54, 1.807) is 7.11 Å². The van der Waals surface area contributed by atoms with Crippen molar-refractivity contribution in [2.45, 2.75) is 33.6 Å². The summed E-state index contributed by atoms with van der Waals surface area (Å²) in [5.74, 6) is 1.61. The Hall–Kier alpha value is -1.44. The quantitative estimate of drug-likeness (QED) is 0.701. The highest BCUT2D eigenvalue weighted by Crippen LogP contribution is 2.29. The first-order chi connectivity index (χ1) is 8.46. The molecule has 0 N–H and O–H groups in total. The van der Waals surface area contributed by atoms with Gasteiger partial charge in [0.15, 0.2) is 11.5 Å². The molecule has 0 saturated carbocycles. The van der Waals surface area contributed by atoms with Crippen LogP contribution in [-0.4, -0.2) is 13.7 Å². The van der Waals surface area contributed by atoms with Gasteiger partial charge in [-0.25, -0.2) is 0 Å². The number of hydrogen-bond acceptors (Lipinski definition) is 2. The molecule has 2 heteroatoms. The number of methoxy groups -OCH3 is 1. The van der Waals surface area contributed by atoms with E-state index in [0.717, 1.165) is 24.3 Å². The second-order valence-electron chi connectivity index (χ2n) is 5.64. The topological polar surface area (TPSA) is 18.5 Å². The molecule has 0 radical (unpaired) electrons. The number of benzene rings is 1. The van der Waals surface area contributed by atoms with Crippen LogP contribution in [0.2, 0.25) is 0 Å². The molecule has 1 aromatic rings. The molecule has 0 aromatic heterocycles. The van der Waals surface area contributed by atoms with Crippen molar-refractivity contribution < 1.29 is 9.47 Å². The van der Waals surface area contributed by atoms with Crippen LogP contribution < -0.4 is 9.47 Å². The average Bonchev–Trinajstić information content (AvgIpc) is 2.29. The molecule has 100 valence electrons. The molecule has 0 spiro atoms. The Morgan fingerprint density at radius 2 is 1.94 bits per heavy atom. The first-order valence-electron chi connectivity index (χ1n) is 6.37. The standard InChI is InChI=1S/C16H24O2/c1-6-7-13-8-9-14(15(12-13)17-5)18-11-10-16(2,3)4/h6,8-9,12H,1,7,10-11H2,2-5H3. The minimum absolute atomic E-state index is 0.288. The summed E-state index contributed by atoms with van der Waals surface area (Å²) in [5, 5.41) is 0. The maximum absolute atomic E-state index is 5.79. The Morgan fingerprint density at radius 1 is 1.22 bits per heavy atom. The van der Waals surface area contributed by atoms with Crippen LogP contribution in [0.1, 0.15) is 32.8 Å². The zero-order chi connectivity index (χ0) is 13.6. The summed E-state index contributed by atoms with van der Waals surface area (Å²) in [5.41, 5.74) is 1.47. The van der Waals surface area contributed by atoms with Crippen LogP contribution in [0.15, 0.2) is 30.9 Å². The first-order valence-corrected chi connectivity index (χ1v) is 6.37. The second-order valence-corrected chi connectivity index (χ2v) is 5.64. The monoisotopic (exact) mass is 248 g/mol. The normalized spacial score (nSPS) is 11.1. The lowest BCUT2D eigenvalue weighted by atomic mass is 9.93. The number of allylic oxidation sites excluding steroid dienone is 1. The van der Waals surface area contributed by atoms with Crippen molar-refractivity contribution in [2.75, 3.05) is 13.7 Å². The number of rotatable bonds is 6. The molecule has 0 aliphatic rings. The molecular formula is C16H24O2. The Bertz CT molecular complexity index is 389. The van der Waals surface area contributed by atoms with E-state index < -0.39 is 0 Å². The molecule has 0 heterocycles. The van der Waals surface area contributed by atoms with Crippen molar-refractivity contribution in [3.63, 3.8) is 0 Å². The summed E-state index contributed by atoms with van der Waals surface area (Å²) in [7, 11) is 1.67. The van der Waals surface area contributed by atoms with Gasteiger partial charge >= 0.3 is 0 Å². The summed E-state index contributed by atoms with van der Waals surface area (Å²) in [6, 6.07) is 6.03. The Balaban J connectivity index is 2.67. The smallest absolute Gasteiger partial charge is 0.161 e. The summed E-state index contributed by atoms with van der Waals surface area (Å²) in [4.78, 5) is 0. The molecule has 0 aliphatic carbocycles. The van der Waals surface area contributed by atoms with Gasteiger partial charge in [-0.2, -0.15) is 0 Å². The summed E-state index contributed by atoms with van der Waals surface area (Å²) < 4.78 is 11.1. The van der Waals surface area contributed by atoms with E-state index in [1.165, 1.54) is 5.56 Å². The van der Waals surface area contributed by atoms with E-state index in [-0.39, 0.29) is 5.41 Å². The molecule has 2 nitrogen and oxygen atoms in total. The average molecular weight is 248 g/mol. The van der Waals surface area contributed by atoms with Crippen molar-refractivity contribution in [1.29, 1.82) is 0 Å². The fourth-order valence-corrected chi connectivity index (χ4v) is 1.59. The lowest BCUT2D eigenvalue weighted by molar-refractivity contribution is 0.234. The van der Waals surface area contributed by atoms with Crippen LogP contribution in [-0.2, 0) is 6.42 Å². The van der Waals surface area contributed by atoms with Crippen molar-refractivity contribution in [2.24, 2.45) is 5.41 Å². The Kier molecular flexibility index (Phi) is 5.26. The third-order valence-electron chi connectivity index (χ3n) is 2.72. The maximum atomic E-state index is 5.79. The number of ether oxygens (including phenoxy) is 2. The third-order valence-corrected chi connectivity index (χ3v) is 2.72. The van der Waals surface area contributed by atoms with Gasteiger partial charge in [0.2, 0.25) is 0 Å². The molecule has 0 unspecified atom stereocenters. The zero-order valence-corrected chi connectivity index (χ0v) is 12.0. The minimum atomic E-state index is 0.288. The van der Waals surface area contributed by atoms with Crippen molar-refractivity contribution in [1.82, 2.24) is 0 Å². The predicted molar refractivity (Wildman–Crippen MR) is 76.5 cm³/mol. The molecule has 0 atom stereocenters. The van der Waals surface area contributed by atoms with Gasteiger partial charge in [0.25, 0.3) is 0 Å². The van der Waals surface area contributed by atoms with Crippen LogP contribution in [0.4, 0.5) is 0 Å². The number of hydrogen-bond donors (Lipinski definition) is 0. The first kappa shape index (κ1) is 14.6. The van der Waals surface area contributed by atoms with Gasteiger partial charge in [0.1, 0.15) is 0 Å². The molecule has 1 aromatic carbocycles. The minimum Gasteiger partial charge on any atom is -0.493 e. The predicted octanol–water partition coefficient (Wildman–Crippen LogP) is 4.24. The van der Waals surface area contributed by atoms with E-state index in [0.29, 0.717) is 6.61 Å². The van der Waals surface area contributed by atoms with Gasteiger partial charge in [-0.15, -0.1) is 6.58 Å². The molecule has 18 heavy (non-hydrogen) atoms. The van der Waals surface area contributed by atoms with Gasteiger partial charge in [-0.3, -0.25) is 0 Å². The molecular weight excluding hydrogens is 224 g/mol. The van der Waals surface area contributed by atoms with E-state index in [9.17, 15) is 0 Å². The van der Waals surface area contributed by atoms with Crippen LogP contribution in [0, 0.1) is 5.41 Å². The van der Waals surface area contributed by atoms with Gasteiger partial charge in [-0.05, 0) is 36.0 Å². The molecule has 0 fully saturated rings. The Morgan fingerprint density at radius 3 is 2.50 bits per heavy atom. The third kappa shape index (κ3) is 4.82. The summed E-state index contributed by atoms with van der Waals surface area (Å²) in [6.07, 6.45) is 3.75. The van der Waals surface area contributed by atoms with Gasteiger partial charge in [-0.1, -0.05) is 32.9 Å². The van der Waals surface area contributed by atoms with Gasteiger partial charge in [0, 0.05) is 0 Å². The fraction of sp³-hybridized carbons (Fsp3) is 0.500. The molecule has 0 aliphatic heterocycles. The maximum Gasteiger partial charge on any atom is 0.161 e. The summed E-state index contributed by atoms with van der Waals surface area (Å²) in [6.45, 7) is 11.1.